The number of carbonyl (C=O) groups is 1. The number of amides is 1. The van der Waals surface area contributed by atoms with Crippen molar-refractivity contribution >= 4 is 15.3 Å². The number of hydrogen-bond donors (Lipinski definition) is 2. The monoisotopic (exact) mass is 146 g/mol. The highest BCUT2D eigenvalue weighted by Gasteiger charge is 2.18. The van der Waals surface area contributed by atoms with Crippen LogP contribution in [0.25, 0.3) is 0 Å². The topological polar surface area (TPSA) is 41.1 Å². The van der Waals surface area contributed by atoms with E-state index < -0.39 is 0 Å². The van der Waals surface area contributed by atoms with E-state index in [0.717, 1.165) is 19.4 Å². The van der Waals surface area contributed by atoms with Gasteiger partial charge >= 0.3 is 0 Å². The van der Waals surface area contributed by atoms with Crippen molar-refractivity contribution in [2.75, 3.05) is 6.54 Å². The fraction of sp³-hybridized carbons (Fsp3) is 0.800. The molecule has 1 aliphatic heterocycles. The molecule has 1 rings (SSSR count). The van der Waals surface area contributed by atoms with Crippen LogP contribution in [0.2, 0.25) is 0 Å². The van der Waals surface area contributed by atoms with E-state index in [2.05, 4.69) is 19.8 Å². The Morgan fingerprint density at radius 3 is 3.00 bits per heavy atom. The smallest absolute Gasteiger partial charge is 0.237 e. The summed E-state index contributed by atoms with van der Waals surface area (Å²) < 4.78 is 0. The number of rotatable bonds is 1. The molecule has 0 aliphatic carbocycles. The summed E-state index contributed by atoms with van der Waals surface area (Å²) in [6.45, 7) is 0.835. The lowest BCUT2D eigenvalue weighted by Crippen LogP contribution is -2.45. The van der Waals surface area contributed by atoms with Crippen LogP contribution in [0.1, 0.15) is 12.8 Å². The Hall–Kier alpha value is -0.140. The minimum Gasteiger partial charge on any atom is -0.355 e. The highest BCUT2D eigenvalue weighted by atomic mass is 31.0. The van der Waals surface area contributed by atoms with Gasteiger partial charge < -0.3 is 5.32 Å². The van der Waals surface area contributed by atoms with E-state index in [-0.39, 0.29) is 11.9 Å². The first-order valence-electron chi connectivity index (χ1n) is 3.08. The van der Waals surface area contributed by atoms with Gasteiger partial charge in [0, 0.05) is 6.54 Å². The summed E-state index contributed by atoms with van der Waals surface area (Å²) in [5.41, 5.74) is 0. The van der Waals surface area contributed by atoms with Gasteiger partial charge in [-0.1, -0.05) is 9.39 Å². The third-order valence-corrected chi connectivity index (χ3v) is 1.89. The summed E-state index contributed by atoms with van der Waals surface area (Å²) in [6, 6.07) is 0.0174. The molecular formula is C5H11N2OP. The molecule has 0 aromatic carbocycles. The largest absolute Gasteiger partial charge is 0.355 e. The molecule has 52 valence electrons. The number of hydrogen-bond acceptors (Lipinski definition) is 2. The average Bonchev–Trinajstić information content (AvgIpc) is 1.89. The molecule has 1 heterocycles. The molecule has 0 aromatic heterocycles. The molecule has 0 radical (unpaired) electrons. The minimum absolute atomic E-state index is 0.0174. The Morgan fingerprint density at radius 2 is 2.56 bits per heavy atom. The second kappa shape index (κ2) is 3.14. The lowest BCUT2D eigenvalue weighted by atomic mass is 10.1. The third kappa shape index (κ3) is 1.63. The van der Waals surface area contributed by atoms with Crippen molar-refractivity contribution in [1.29, 1.82) is 0 Å². The number of piperidine rings is 1. The molecule has 0 bridgehead atoms. The molecule has 0 spiro atoms. The maximum Gasteiger partial charge on any atom is 0.237 e. The van der Waals surface area contributed by atoms with Crippen LogP contribution in [-0.2, 0) is 4.79 Å². The predicted octanol–water partition coefficient (Wildman–Crippen LogP) is -0.355. The van der Waals surface area contributed by atoms with E-state index in [1.54, 1.807) is 0 Å². The van der Waals surface area contributed by atoms with Gasteiger partial charge in [-0.25, -0.2) is 0 Å². The normalized spacial score (nSPS) is 27.7. The zero-order valence-corrected chi connectivity index (χ0v) is 6.34. The summed E-state index contributed by atoms with van der Waals surface area (Å²) in [7, 11) is 2.36. The lowest BCUT2D eigenvalue weighted by Gasteiger charge is -2.20. The van der Waals surface area contributed by atoms with Gasteiger partial charge in [0.1, 0.15) is 0 Å². The molecule has 1 fully saturated rings. The van der Waals surface area contributed by atoms with Crippen molar-refractivity contribution in [3.05, 3.63) is 0 Å². The summed E-state index contributed by atoms with van der Waals surface area (Å²) in [5.74, 6) is 0.122. The van der Waals surface area contributed by atoms with Crippen molar-refractivity contribution in [2.45, 2.75) is 18.9 Å². The van der Waals surface area contributed by atoms with E-state index in [0.29, 0.717) is 0 Å². The van der Waals surface area contributed by atoms with Gasteiger partial charge in [-0.3, -0.25) is 9.88 Å². The summed E-state index contributed by atoms with van der Waals surface area (Å²) in [4.78, 5) is 10.8. The van der Waals surface area contributed by atoms with Gasteiger partial charge in [-0.05, 0) is 12.8 Å². The van der Waals surface area contributed by atoms with Gasteiger partial charge in [-0.2, -0.15) is 0 Å². The van der Waals surface area contributed by atoms with Crippen molar-refractivity contribution in [2.24, 2.45) is 0 Å². The molecule has 3 nitrogen and oxygen atoms in total. The first kappa shape index (κ1) is 6.97. The van der Waals surface area contributed by atoms with E-state index in [1.165, 1.54) is 0 Å². The van der Waals surface area contributed by atoms with Crippen molar-refractivity contribution in [3.8, 4) is 0 Å². The summed E-state index contributed by atoms with van der Waals surface area (Å²) >= 11 is 0. The Balaban J connectivity index is 2.39. The molecule has 4 heteroatoms. The average molecular weight is 146 g/mol. The Labute approximate surface area is 56.8 Å². The summed E-state index contributed by atoms with van der Waals surface area (Å²) in [6.07, 6.45) is 2.03. The number of carbonyl (C=O) groups excluding carboxylic acids is 1. The maximum absolute atomic E-state index is 10.8. The standard InChI is InChI=1S/C5H11N2OP/c8-5-4(7-9)2-1-3-6-5/h4,7H,1-3,9H2,(H,6,8). The van der Waals surface area contributed by atoms with Crippen LogP contribution in [0.3, 0.4) is 0 Å². The Morgan fingerprint density at radius 1 is 1.78 bits per heavy atom. The van der Waals surface area contributed by atoms with Gasteiger partial charge in [0.2, 0.25) is 5.91 Å². The second-order valence-corrected chi connectivity index (χ2v) is 2.49. The quantitative estimate of drug-likeness (QED) is 0.496. The fourth-order valence-corrected chi connectivity index (χ4v) is 1.25. The van der Waals surface area contributed by atoms with Crippen LogP contribution in [0.4, 0.5) is 0 Å². The van der Waals surface area contributed by atoms with Gasteiger partial charge in [-0.15, -0.1) is 0 Å². The van der Waals surface area contributed by atoms with Crippen LogP contribution in [0.5, 0.6) is 0 Å². The predicted molar refractivity (Wildman–Crippen MR) is 38.9 cm³/mol. The van der Waals surface area contributed by atoms with Crippen molar-refractivity contribution < 1.29 is 4.79 Å². The molecule has 2 atom stereocenters. The van der Waals surface area contributed by atoms with E-state index in [1.807, 2.05) is 0 Å². The van der Waals surface area contributed by atoms with E-state index in [9.17, 15) is 4.79 Å². The lowest BCUT2D eigenvalue weighted by molar-refractivity contribution is -0.123. The SMILES string of the molecule is O=C1NCCCC1NP. The molecule has 0 aromatic rings. The highest BCUT2D eigenvalue weighted by Crippen LogP contribution is 2.03. The number of nitrogens with one attached hydrogen (secondary N) is 2. The van der Waals surface area contributed by atoms with E-state index >= 15 is 0 Å². The second-order valence-electron chi connectivity index (χ2n) is 2.15. The molecule has 2 unspecified atom stereocenters. The summed E-state index contributed by atoms with van der Waals surface area (Å²) in [5, 5.41) is 5.63. The minimum atomic E-state index is 0.0174. The van der Waals surface area contributed by atoms with Crippen LogP contribution < -0.4 is 10.4 Å². The Bertz CT molecular complexity index is 118. The fourth-order valence-electron chi connectivity index (χ4n) is 0.931. The van der Waals surface area contributed by atoms with Gasteiger partial charge in [0.15, 0.2) is 0 Å². The van der Waals surface area contributed by atoms with Gasteiger partial charge in [0.25, 0.3) is 0 Å². The van der Waals surface area contributed by atoms with Crippen LogP contribution in [0, 0.1) is 0 Å². The molecule has 2 N–H and O–H groups in total. The van der Waals surface area contributed by atoms with Crippen LogP contribution >= 0.6 is 9.39 Å². The molecule has 0 saturated carbocycles. The maximum atomic E-state index is 10.8. The van der Waals surface area contributed by atoms with E-state index in [4.69, 9.17) is 0 Å². The zero-order chi connectivity index (χ0) is 6.69. The van der Waals surface area contributed by atoms with Crippen molar-refractivity contribution in [3.63, 3.8) is 0 Å². The zero-order valence-electron chi connectivity index (χ0n) is 5.18. The molecule has 1 amide bonds. The molecule has 1 aliphatic rings. The first-order valence-corrected chi connectivity index (χ1v) is 3.66. The van der Waals surface area contributed by atoms with Crippen LogP contribution in [0.15, 0.2) is 0 Å². The first-order chi connectivity index (χ1) is 4.34. The molecular weight excluding hydrogens is 135 g/mol. The van der Waals surface area contributed by atoms with Gasteiger partial charge in [0.05, 0.1) is 6.04 Å². The molecule has 9 heavy (non-hydrogen) atoms. The third-order valence-electron chi connectivity index (χ3n) is 1.49. The van der Waals surface area contributed by atoms with Crippen LogP contribution in [-0.4, -0.2) is 18.5 Å². The highest BCUT2D eigenvalue weighted by molar-refractivity contribution is 7.13. The van der Waals surface area contributed by atoms with Crippen molar-refractivity contribution in [1.82, 2.24) is 10.4 Å². The molecule has 1 saturated heterocycles. The Kier molecular flexibility index (Phi) is 2.43.